The molecule has 0 aliphatic carbocycles. The third-order valence-corrected chi connectivity index (χ3v) is 3.12. The fraction of sp³-hybridized carbons (Fsp3) is 0.333. The van der Waals surface area contributed by atoms with Gasteiger partial charge in [0, 0.05) is 10.0 Å². The number of carboxylic acid groups (broad SMARTS) is 1. The second kappa shape index (κ2) is 5.93. The molecule has 17 heavy (non-hydrogen) atoms. The molecule has 1 aromatic carbocycles. The van der Waals surface area contributed by atoms with Gasteiger partial charge in [0.2, 0.25) is 0 Å². The molecule has 0 unspecified atom stereocenters. The summed E-state index contributed by atoms with van der Waals surface area (Å²) in [6, 6.07) is 3.63. The van der Waals surface area contributed by atoms with E-state index in [0.717, 1.165) is 15.6 Å². The van der Waals surface area contributed by atoms with Crippen LogP contribution in [0.1, 0.15) is 21.5 Å². The first-order valence-corrected chi connectivity index (χ1v) is 5.80. The first-order chi connectivity index (χ1) is 7.91. The molecule has 0 bridgehead atoms. The Balaban J connectivity index is 2.75. The van der Waals surface area contributed by atoms with Crippen molar-refractivity contribution in [1.82, 2.24) is 0 Å². The van der Waals surface area contributed by atoms with E-state index >= 15 is 0 Å². The van der Waals surface area contributed by atoms with Crippen LogP contribution in [-0.4, -0.2) is 30.1 Å². The number of rotatable bonds is 5. The Morgan fingerprint density at radius 3 is 2.47 bits per heavy atom. The number of Topliss-reactive ketones (excluding diaryl/α,β-unsaturated/α-hetero) is 1. The largest absolute Gasteiger partial charge is 0.480 e. The van der Waals surface area contributed by atoms with Gasteiger partial charge in [-0.05, 0) is 37.1 Å². The SMILES string of the molecule is Cc1cc(C(=O)COCC(=O)O)c(C)cc1Br. The highest BCUT2D eigenvalue weighted by Crippen LogP contribution is 2.21. The molecule has 0 aromatic heterocycles. The number of ketones is 1. The van der Waals surface area contributed by atoms with E-state index in [1.165, 1.54) is 0 Å². The number of hydrogen-bond donors (Lipinski definition) is 1. The Labute approximate surface area is 108 Å². The molecule has 0 spiro atoms. The fourth-order valence-corrected chi connectivity index (χ4v) is 1.85. The van der Waals surface area contributed by atoms with Crippen molar-refractivity contribution >= 4 is 27.7 Å². The van der Waals surface area contributed by atoms with Crippen LogP contribution in [0.4, 0.5) is 0 Å². The van der Waals surface area contributed by atoms with E-state index in [4.69, 9.17) is 9.84 Å². The molecular formula is C12H13BrO4. The van der Waals surface area contributed by atoms with E-state index in [0.29, 0.717) is 5.56 Å². The monoisotopic (exact) mass is 300 g/mol. The van der Waals surface area contributed by atoms with E-state index < -0.39 is 12.6 Å². The molecule has 0 atom stereocenters. The maximum Gasteiger partial charge on any atom is 0.329 e. The summed E-state index contributed by atoms with van der Waals surface area (Å²) in [5.41, 5.74) is 2.36. The van der Waals surface area contributed by atoms with Gasteiger partial charge < -0.3 is 9.84 Å². The Morgan fingerprint density at radius 1 is 1.24 bits per heavy atom. The summed E-state index contributed by atoms with van der Waals surface area (Å²) in [7, 11) is 0. The molecule has 0 heterocycles. The first kappa shape index (κ1) is 13.9. The average molecular weight is 301 g/mol. The zero-order valence-electron chi connectivity index (χ0n) is 9.62. The van der Waals surface area contributed by atoms with Gasteiger partial charge >= 0.3 is 5.97 Å². The molecule has 0 saturated heterocycles. The number of carbonyl (C=O) groups is 2. The Hall–Kier alpha value is -1.20. The van der Waals surface area contributed by atoms with Crippen molar-refractivity contribution in [1.29, 1.82) is 0 Å². The lowest BCUT2D eigenvalue weighted by Crippen LogP contribution is -2.15. The van der Waals surface area contributed by atoms with Gasteiger partial charge in [0.1, 0.15) is 13.2 Å². The molecule has 0 amide bonds. The van der Waals surface area contributed by atoms with Gasteiger partial charge in [-0.1, -0.05) is 15.9 Å². The third-order valence-electron chi connectivity index (χ3n) is 2.26. The van der Waals surface area contributed by atoms with Gasteiger partial charge in [0.25, 0.3) is 0 Å². The summed E-state index contributed by atoms with van der Waals surface area (Å²) in [5, 5.41) is 8.39. The fourth-order valence-electron chi connectivity index (χ4n) is 1.39. The van der Waals surface area contributed by atoms with Crippen LogP contribution in [0, 0.1) is 13.8 Å². The summed E-state index contributed by atoms with van der Waals surface area (Å²) in [5.74, 6) is -1.29. The van der Waals surface area contributed by atoms with Crippen molar-refractivity contribution in [3.05, 3.63) is 33.3 Å². The smallest absolute Gasteiger partial charge is 0.329 e. The zero-order chi connectivity index (χ0) is 13.0. The number of halogens is 1. The van der Waals surface area contributed by atoms with Crippen LogP contribution in [0.25, 0.3) is 0 Å². The predicted octanol–water partition coefficient (Wildman–Crippen LogP) is 2.35. The van der Waals surface area contributed by atoms with Crippen molar-refractivity contribution in [2.45, 2.75) is 13.8 Å². The van der Waals surface area contributed by atoms with Gasteiger partial charge in [0.15, 0.2) is 5.78 Å². The number of aryl methyl sites for hydroxylation is 2. The summed E-state index contributed by atoms with van der Waals surface area (Å²) in [6.07, 6.45) is 0. The maximum atomic E-state index is 11.8. The molecule has 4 nitrogen and oxygen atoms in total. The number of ether oxygens (including phenoxy) is 1. The van der Waals surface area contributed by atoms with Gasteiger partial charge in [-0.3, -0.25) is 4.79 Å². The molecule has 5 heteroatoms. The summed E-state index contributed by atoms with van der Waals surface area (Å²) in [6.45, 7) is 3.04. The molecule has 0 saturated carbocycles. The van der Waals surface area contributed by atoms with Crippen molar-refractivity contribution in [2.75, 3.05) is 13.2 Å². The van der Waals surface area contributed by atoms with Crippen LogP contribution in [0.15, 0.2) is 16.6 Å². The minimum Gasteiger partial charge on any atom is -0.480 e. The maximum absolute atomic E-state index is 11.8. The van der Waals surface area contributed by atoms with E-state index in [-0.39, 0.29) is 12.4 Å². The second-order valence-corrected chi connectivity index (χ2v) is 4.58. The molecule has 1 aromatic rings. The normalized spacial score (nSPS) is 10.3. The predicted molar refractivity (Wildman–Crippen MR) is 66.4 cm³/mol. The van der Waals surface area contributed by atoms with Gasteiger partial charge in [-0.2, -0.15) is 0 Å². The van der Waals surface area contributed by atoms with Crippen LogP contribution in [0.3, 0.4) is 0 Å². The lowest BCUT2D eigenvalue weighted by Gasteiger charge is -2.08. The highest BCUT2D eigenvalue weighted by atomic mass is 79.9. The quantitative estimate of drug-likeness (QED) is 0.848. The topological polar surface area (TPSA) is 63.6 Å². The Morgan fingerprint density at radius 2 is 1.88 bits per heavy atom. The van der Waals surface area contributed by atoms with Gasteiger partial charge in [-0.15, -0.1) is 0 Å². The van der Waals surface area contributed by atoms with Crippen LogP contribution in [-0.2, 0) is 9.53 Å². The second-order valence-electron chi connectivity index (χ2n) is 3.73. The van der Waals surface area contributed by atoms with E-state index in [2.05, 4.69) is 15.9 Å². The van der Waals surface area contributed by atoms with Crippen LogP contribution in [0.5, 0.6) is 0 Å². The Kier molecular flexibility index (Phi) is 4.84. The number of carboxylic acids is 1. The molecule has 1 rings (SSSR count). The van der Waals surface area contributed by atoms with Crippen LogP contribution >= 0.6 is 15.9 Å². The molecule has 1 N–H and O–H groups in total. The molecule has 0 aliphatic rings. The Bertz CT molecular complexity index is 454. The van der Waals surface area contributed by atoms with E-state index in [9.17, 15) is 9.59 Å². The minimum atomic E-state index is -1.08. The molecule has 0 fully saturated rings. The van der Waals surface area contributed by atoms with Crippen molar-refractivity contribution in [3.8, 4) is 0 Å². The summed E-state index contributed by atoms with van der Waals surface area (Å²) in [4.78, 5) is 22.0. The highest BCUT2D eigenvalue weighted by Gasteiger charge is 2.11. The zero-order valence-corrected chi connectivity index (χ0v) is 11.2. The van der Waals surface area contributed by atoms with Crippen molar-refractivity contribution < 1.29 is 19.4 Å². The average Bonchev–Trinajstić information content (AvgIpc) is 2.22. The highest BCUT2D eigenvalue weighted by molar-refractivity contribution is 9.10. The lowest BCUT2D eigenvalue weighted by molar-refractivity contribution is -0.141. The summed E-state index contributed by atoms with van der Waals surface area (Å²) >= 11 is 3.38. The third kappa shape index (κ3) is 3.94. The number of aliphatic carboxylic acids is 1. The van der Waals surface area contributed by atoms with Crippen molar-refractivity contribution in [2.24, 2.45) is 0 Å². The molecule has 0 radical (unpaired) electrons. The first-order valence-electron chi connectivity index (χ1n) is 5.01. The number of benzene rings is 1. The molecule has 0 aliphatic heterocycles. The lowest BCUT2D eigenvalue weighted by atomic mass is 10.0. The van der Waals surface area contributed by atoms with Crippen molar-refractivity contribution in [3.63, 3.8) is 0 Å². The van der Waals surface area contributed by atoms with Crippen LogP contribution < -0.4 is 0 Å². The minimum absolute atomic E-state index is 0.209. The van der Waals surface area contributed by atoms with Gasteiger partial charge in [-0.25, -0.2) is 4.79 Å². The standard InChI is InChI=1S/C12H13BrO4/c1-7-4-10(13)8(2)3-9(7)11(14)5-17-6-12(15)16/h3-4H,5-6H2,1-2H3,(H,15,16). The number of hydrogen-bond acceptors (Lipinski definition) is 3. The summed E-state index contributed by atoms with van der Waals surface area (Å²) < 4.78 is 5.72. The van der Waals surface area contributed by atoms with E-state index in [1.54, 1.807) is 6.07 Å². The van der Waals surface area contributed by atoms with Crippen LogP contribution in [0.2, 0.25) is 0 Å². The van der Waals surface area contributed by atoms with Gasteiger partial charge in [0.05, 0.1) is 0 Å². The number of carbonyl (C=O) groups excluding carboxylic acids is 1. The van der Waals surface area contributed by atoms with E-state index in [1.807, 2.05) is 19.9 Å². The molecule has 92 valence electrons. The molecular weight excluding hydrogens is 288 g/mol.